The summed E-state index contributed by atoms with van der Waals surface area (Å²) in [6.45, 7) is 2.09. The van der Waals surface area contributed by atoms with Gasteiger partial charge in [-0.25, -0.2) is 0 Å². The second-order valence-corrected chi connectivity index (χ2v) is 4.86. The topological polar surface area (TPSA) is 61.4 Å². The van der Waals surface area contributed by atoms with Crippen LogP contribution in [-0.4, -0.2) is 18.1 Å². The van der Waals surface area contributed by atoms with Gasteiger partial charge in [0.15, 0.2) is 0 Å². The summed E-state index contributed by atoms with van der Waals surface area (Å²) in [6, 6.07) is 14.7. The van der Waals surface area contributed by atoms with Gasteiger partial charge in [-0.1, -0.05) is 25.1 Å². The second kappa shape index (κ2) is 6.79. The van der Waals surface area contributed by atoms with Gasteiger partial charge in [0.25, 0.3) is 5.91 Å². The molecule has 0 saturated carbocycles. The minimum absolute atomic E-state index is 0.101. The first-order valence-electron chi connectivity index (χ1n) is 7.01. The zero-order chi connectivity index (χ0) is 15.2. The first kappa shape index (κ1) is 14.9. The molecule has 4 nitrogen and oxygen atoms in total. The number of carbonyl (C=O) groups is 1. The van der Waals surface area contributed by atoms with Gasteiger partial charge in [0, 0.05) is 18.3 Å². The van der Waals surface area contributed by atoms with Crippen LogP contribution in [0.25, 0.3) is 0 Å². The molecule has 3 N–H and O–H groups in total. The van der Waals surface area contributed by atoms with E-state index in [9.17, 15) is 9.90 Å². The zero-order valence-corrected chi connectivity index (χ0v) is 12.3. The summed E-state index contributed by atoms with van der Waals surface area (Å²) < 4.78 is 0. The third-order valence-corrected chi connectivity index (χ3v) is 3.40. The normalized spacial score (nSPS) is 11.7. The highest BCUT2D eigenvalue weighted by atomic mass is 16.3. The third kappa shape index (κ3) is 3.75. The highest BCUT2D eigenvalue weighted by molar-refractivity contribution is 5.94. The predicted octanol–water partition coefficient (Wildman–Crippen LogP) is 3.32. The number of rotatable bonds is 5. The molecule has 0 heterocycles. The van der Waals surface area contributed by atoms with Crippen LogP contribution in [0.4, 0.5) is 5.69 Å². The minimum atomic E-state index is -0.101. The van der Waals surface area contributed by atoms with Gasteiger partial charge >= 0.3 is 0 Å². The Kier molecular flexibility index (Phi) is 4.82. The van der Waals surface area contributed by atoms with E-state index >= 15 is 0 Å². The molecule has 110 valence electrons. The van der Waals surface area contributed by atoms with Gasteiger partial charge in [-0.2, -0.15) is 0 Å². The molecule has 0 radical (unpaired) electrons. The van der Waals surface area contributed by atoms with Gasteiger partial charge in [0.05, 0.1) is 6.04 Å². The largest absolute Gasteiger partial charge is 0.508 e. The molecule has 1 atom stereocenters. The number of benzene rings is 2. The molecule has 21 heavy (non-hydrogen) atoms. The molecule has 0 aliphatic carbocycles. The lowest BCUT2D eigenvalue weighted by molar-refractivity contribution is 0.0963. The molecule has 0 saturated heterocycles. The fraction of sp³-hybridized carbons (Fsp3) is 0.235. The van der Waals surface area contributed by atoms with E-state index in [4.69, 9.17) is 0 Å². The van der Waals surface area contributed by atoms with Gasteiger partial charge in [-0.05, 0) is 42.3 Å². The summed E-state index contributed by atoms with van der Waals surface area (Å²) in [5.41, 5.74) is 2.62. The molecular formula is C17H20N2O2. The molecule has 2 rings (SSSR count). The fourth-order valence-corrected chi connectivity index (χ4v) is 2.22. The van der Waals surface area contributed by atoms with E-state index in [0.29, 0.717) is 5.56 Å². The summed E-state index contributed by atoms with van der Waals surface area (Å²) >= 11 is 0. The van der Waals surface area contributed by atoms with Crippen molar-refractivity contribution >= 4 is 11.6 Å². The quantitative estimate of drug-likeness (QED) is 0.789. The molecule has 0 aromatic heterocycles. The van der Waals surface area contributed by atoms with Crippen LogP contribution in [0.5, 0.6) is 5.75 Å². The first-order chi connectivity index (χ1) is 10.1. The van der Waals surface area contributed by atoms with Gasteiger partial charge < -0.3 is 15.7 Å². The molecule has 2 aromatic rings. The average molecular weight is 284 g/mol. The number of phenolic OH excluding ortho intramolecular Hbond substituents is 1. The van der Waals surface area contributed by atoms with Crippen LogP contribution in [0.2, 0.25) is 0 Å². The zero-order valence-electron chi connectivity index (χ0n) is 12.3. The number of nitrogens with one attached hydrogen (secondary N) is 2. The van der Waals surface area contributed by atoms with Crippen LogP contribution >= 0.6 is 0 Å². The number of carbonyl (C=O) groups excluding carboxylic acids is 1. The van der Waals surface area contributed by atoms with Gasteiger partial charge in [-0.3, -0.25) is 4.79 Å². The maximum absolute atomic E-state index is 11.7. The van der Waals surface area contributed by atoms with Crippen LogP contribution in [-0.2, 0) is 0 Å². The Morgan fingerprint density at radius 2 is 1.90 bits per heavy atom. The lowest BCUT2D eigenvalue weighted by Crippen LogP contribution is -2.18. The summed E-state index contributed by atoms with van der Waals surface area (Å²) in [6.07, 6.45) is 0.898. The van der Waals surface area contributed by atoms with Crippen molar-refractivity contribution in [3.05, 3.63) is 59.7 Å². The maximum Gasteiger partial charge on any atom is 0.251 e. The van der Waals surface area contributed by atoms with Crippen molar-refractivity contribution in [3.8, 4) is 5.75 Å². The summed E-state index contributed by atoms with van der Waals surface area (Å²) in [5, 5.41) is 15.4. The number of aromatic hydroxyl groups is 1. The molecule has 0 bridgehead atoms. The summed E-state index contributed by atoms with van der Waals surface area (Å²) in [4.78, 5) is 11.7. The Balaban J connectivity index is 2.18. The van der Waals surface area contributed by atoms with E-state index in [1.165, 1.54) is 0 Å². The second-order valence-electron chi connectivity index (χ2n) is 4.86. The summed E-state index contributed by atoms with van der Waals surface area (Å²) in [5.74, 6) is 0.159. The van der Waals surface area contributed by atoms with E-state index in [0.717, 1.165) is 17.7 Å². The predicted molar refractivity (Wildman–Crippen MR) is 84.6 cm³/mol. The van der Waals surface area contributed by atoms with Crippen molar-refractivity contribution in [2.45, 2.75) is 19.4 Å². The van der Waals surface area contributed by atoms with E-state index in [2.05, 4.69) is 17.6 Å². The van der Waals surface area contributed by atoms with Crippen molar-refractivity contribution in [1.82, 2.24) is 5.32 Å². The molecular weight excluding hydrogens is 264 g/mol. The van der Waals surface area contributed by atoms with Gasteiger partial charge in [0.1, 0.15) is 5.75 Å². The summed E-state index contributed by atoms with van der Waals surface area (Å²) in [7, 11) is 1.62. The molecule has 4 heteroatoms. The van der Waals surface area contributed by atoms with Crippen molar-refractivity contribution in [2.24, 2.45) is 0 Å². The van der Waals surface area contributed by atoms with Crippen LogP contribution in [0.15, 0.2) is 48.5 Å². The number of anilines is 1. The minimum Gasteiger partial charge on any atom is -0.508 e. The first-order valence-corrected chi connectivity index (χ1v) is 7.01. The van der Waals surface area contributed by atoms with Crippen LogP contribution < -0.4 is 10.6 Å². The number of amides is 1. The van der Waals surface area contributed by atoms with Crippen molar-refractivity contribution in [2.75, 3.05) is 12.4 Å². The lowest BCUT2D eigenvalue weighted by Gasteiger charge is -2.19. The van der Waals surface area contributed by atoms with Crippen molar-refractivity contribution in [3.63, 3.8) is 0 Å². The van der Waals surface area contributed by atoms with Crippen molar-refractivity contribution in [1.29, 1.82) is 0 Å². The number of phenols is 1. The molecule has 1 unspecified atom stereocenters. The Bertz CT molecular complexity index is 608. The van der Waals surface area contributed by atoms with Gasteiger partial charge in [-0.15, -0.1) is 0 Å². The molecule has 0 aliphatic rings. The lowest BCUT2D eigenvalue weighted by atomic mass is 10.0. The van der Waals surface area contributed by atoms with Crippen molar-refractivity contribution < 1.29 is 9.90 Å². The Labute approximate surface area is 124 Å². The Hall–Kier alpha value is -2.49. The monoisotopic (exact) mass is 284 g/mol. The average Bonchev–Trinajstić information content (AvgIpc) is 2.53. The smallest absolute Gasteiger partial charge is 0.251 e. The standard InChI is InChI=1S/C17H20N2O2/c1-3-16(12-7-9-15(20)10-8-12)19-14-6-4-5-13(11-14)17(21)18-2/h4-11,16,19-20H,3H2,1-2H3,(H,18,21). The fourth-order valence-electron chi connectivity index (χ4n) is 2.22. The maximum atomic E-state index is 11.7. The van der Waals surface area contributed by atoms with Gasteiger partial charge in [0.2, 0.25) is 0 Å². The SMILES string of the molecule is CCC(Nc1cccc(C(=O)NC)c1)c1ccc(O)cc1. The van der Waals surface area contributed by atoms with Crippen LogP contribution in [0.1, 0.15) is 35.3 Å². The van der Waals surface area contributed by atoms with E-state index in [1.807, 2.05) is 30.3 Å². The highest BCUT2D eigenvalue weighted by Crippen LogP contribution is 2.24. The molecule has 0 aliphatic heterocycles. The molecule has 1 amide bonds. The Morgan fingerprint density at radius 3 is 2.52 bits per heavy atom. The van der Waals surface area contributed by atoms with Crippen LogP contribution in [0.3, 0.4) is 0 Å². The van der Waals surface area contributed by atoms with Crippen LogP contribution in [0, 0.1) is 0 Å². The van der Waals surface area contributed by atoms with E-state index in [-0.39, 0.29) is 17.7 Å². The Morgan fingerprint density at radius 1 is 1.19 bits per heavy atom. The molecule has 2 aromatic carbocycles. The molecule has 0 fully saturated rings. The molecule has 0 spiro atoms. The number of hydrogen-bond acceptors (Lipinski definition) is 3. The highest BCUT2D eigenvalue weighted by Gasteiger charge is 2.10. The van der Waals surface area contributed by atoms with E-state index < -0.39 is 0 Å². The third-order valence-electron chi connectivity index (χ3n) is 3.40. The van der Waals surface area contributed by atoms with E-state index in [1.54, 1.807) is 25.2 Å². The number of hydrogen-bond donors (Lipinski definition) is 3.